The Morgan fingerprint density at radius 1 is 0.969 bits per heavy atom. The normalized spacial score (nSPS) is 11.2. The third kappa shape index (κ3) is 3.26. The molecule has 0 spiro atoms. The van der Waals surface area contributed by atoms with Gasteiger partial charge in [-0.15, -0.1) is 0 Å². The van der Waals surface area contributed by atoms with Crippen molar-refractivity contribution in [2.75, 3.05) is 5.73 Å². The number of hydrogen-bond donors (Lipinski definition) is 4. The number of halogens is 2. The molecule has 2 aliphatic rings. The summed E-state index contributed by atoms with van der Waals surface area (Å²) in [6.45, 7) is 3.61. The van der Waals surface area contributed by atoms with Crippen LogP contribution in [0.1, 0.15) is 31.8 Å². The first-order chi connectivity index (χ1) is 15.0. The van der Waals surface area contributed by atoms with Gasteiger partial charge in [0, 0.05) is 39.4 Å². The summed E-state index contributed by atoms with van der Waals surface area (Å²) in [6.07, 6.45) is 0. The number of rotatable bonds is 3. The van der Waals surface area contributed by atoms with E-state index in [9.17, 15) is 19.8 Å². The third-order valence-corrected chi connectivity index (χ3v) is 6.10. The fraction of sp³-hybridized carbons (Fsp3) is 0.0870. The number of benzene rings is 3. The van der Waals surface area contributed by atoms with Crippen LogP contribution in [-0.4, -0.2) is 22.2 Å². The minimum absolute atomic E-state index is 0.0771. The van der Waals surface area contributed by atoms with Gasteiger partial charge in [0.2, 0.25) is 5.36 Å². The predicted octanol–water partition coefficient (Wildman–Crippen LogP) is 3.77. The van der Waals surface area contributed by atoms with Crippen LogP contribution in [0.15, 0.2) is 34.7 Å². The van der Waals surface area contributed by atoms with E-state index in [0.717, 1.165) is 17.2 Å². The van der Waals surface area contributed by atoms with Gasteiger partial charge in [-0.2, -0.15) is 0 Å². The summed E-state index contributed by atoms with van der Waals surface area (Å²) in [4.78, 5) is 23.9. The Bertz CT molecular complexity index is 1510. The van der Waals surface area contributed by atoms with E-state index in [1.54, 1.807) is 38.1 Å². The van der Waals surface area contributed by atoms with Crippen molar-refractivity contribution in [2.45, 2.75) is 13.8 Å². The number of nitrogen functional groups attached to an aromatic ring is 1. The Labute approximate surface area is 191 Å². The van der Waals surface area contributed by atoms with E-state index in [2.05, 4.69) is 0 Å². The molecule has 162 valence electrons. The van der Waals surface area contributed by atoms with E-state index in [1.165, 1.54) is 0 Å². The predicted molar refractivity (Wildman–Crippen MR) is 121 cm³/mol. The first kappa shape index (κ1) is 21.7. The summed E-state index contributed by atoms with van der Waals surface area (Å²) in [6, 6.07) is 7.92. The van der Waals surface area contributed by atoms with Crippen LogP contribution in [0.5, 0.6) is 0 Å². The smallest absolute Gasteiger partial charge is 0.337 e. The van der Waals surface area contributed by atoms with Crippen molar-refractivity contribution in [2.24, 2.45) is 0 Å². The van der Waals surface area contributed by atoms with Crippen LogP contribution in [0, 0.1) is 13.8 Å². The van der Waals surface area contributed by atoms with Crippen molar-refractivity contribution >= 4 is 51.8 Å². The highest BCUT2D eigenvalue weighted by molar-refractivity contribution is 6.41. The molecular weight excluding hydrogens is 455 g/mol. The Morgan fingerprint density at radius 2 is 1.66 bits per heavy atom. The van der Waals surface area contributed by atoms with Crippen molar-refractivity contribution < 1.29 is 29.6 Å². The molecule has 0 radical (unpaired) electrons. The van der Waals surface area contributed by atoms with E-state index in [1.807, 2.05) is 0 Å². The van der Waals surface area contributed by atoms with Crippen LogP contribution >= 0.6 is 23.2 Å². The van der Waals surface area contributed by atoms with Crippen molar-refractivity contribution in [3.05, 3.63) is 68.0 Å². The molecule has 32 heavy (non-hydrogen) atoms. The van der Waals surface area contributed by atoms with Crippen LogP contribution in [-0.2, 0) is 0 Å². The van der Waals surface area contributed by atoms with Crippen LogP contribution < -0.4 is 16.5 Å². The highest BCUT2D eigenvalue weighted by atomic mass is 35.5. The highest BCUT2D eigenvalue weighted by Crippen LogP contribution is 2.47. The Hall–Kier alpha value is -3.55. The maximum atomic E-state index is 12.3. The van der Waals surface area contributed by atoms with Crippen molar-refractivity contribution in [3.8, 4) is 22.5 Å². The summed E-state index contributed by atoms with van der Waals surface area (Å²) in [5.74, 6) is -2.43. The molecule has 7 nitrogen and oxygen atoms in total. The van der Waals surface area contributed by atoms with Gasteiger partial charge in [0.15, 0.2) is 0 Å². The molecular formula is C23H17Cl2N2O5+. The molecule has 1 aliphatic carbocycles. The zero-order valence-electron chi connectivity index (χ0n) is 16.9. The average molecular weight is 472 g/mol. The number of aryl methyl sites for hydroxylation is 2. The van der Waals surface area contributed by atoms with Crippen molar-refractivity contribution in [1.82, 2.24) is 0 Å². The number of hydrogen-bond acceptors (Lipinski definition) is 4. The van der Waals surface area contributed by atoms with Crippen molar-refractivity contribution in [1.29, 1.82) is 0 Å². The maximum absolute atomic E-state index is 12.3. The second-order valence-corrected chi connectivity index (χ2v) is 8.25. The first-order valence-electron chi connectivity index (χ1n) is 9.36. The van der Waals surface area contributed by atoms with E-state index < -0.39 is 28.1 Å². The first-order valence-corrected chi connectivity index (χ1v) is 10.1. The van der Waals surface area contributed by atoms with Gasteiger partial charge in [-0.1, -0.05) is 23.2 Å². The summed E-state index contributed by atoms with van der Waals surface area (Å²) < 4.78 is 6.03. The minimum Gasteiger partial charge on any atom is -0.478 e. The monoisotopic (exact) mass is 471 g/mol. The quantitative estimate of drug-likeness (QED) is 0.265. The summed E-state index contributed by atoms with van der Waals surface area (Å²) in [5.41, 5.74) is 8.61. The fourth-order valence-electron chi connectivity index (χ4n) is 3.73. The molecule has 0 fully saturated rings. The van der Waals surface area contributed by atoms with Gasteiger partial charge in [0.25, 0.3) is 0 Å². The van der Waals surface area contributed by atoms with E-state index >= 15 is 0 Å². The van der Waals surface area contributed by atoms with E-state index in [0.29, 0.717) is 38.9 Å². The number of fused-ring (bicyclic) bond motifs is 2. The largest absolute Gasteiger partial charge is 0.478 e. The van der Waals surface area contributed by atoms with Gasteiger partial charge in [-0.3, -0.25) is 5.41 Å². The minimum atomic E-state index is -1.42. The zero-order valence-corrected chi connectivity index (χ0v) is 18.4. The van der Waals surface area contributed by atoms with Crippen LogP contribution in [0.3, 0.4) is 0 Å². The number of carbonyl (C=O) groups is 2. The second-order valence-electron chi connectivity index (χ2n) is 7.47. The molecule has 0 amide bonds. The molecule has 1 heterocycles. The molecule has 2 aromatic carbocycles. The Morgan fingerprint density at radius 3 is 2.28 bits per heavy atom. The summed E-state index contributed by atoms with van der Waals surface area (Å²) >= 11 is 12.8. The van der Waals surface area contributed by atoms with Gasteiger partial charge in [0.1, 0.15) is 11.3 Å². The number of anilines is 1. The number of aromatic carboxylic acids is 2. The topological polar surface area (TPSA) is 139 Å². The molecule has 0 saturated carbocycles. The average Bonchev–Trinajstić information content (AvgIpc) is 2.70. The maximum Gasteiger partial charge on any atom is 0.337 e. The third-order valence-electron chi connectivity index (χ3n) is 5.41. The lowest BCUT2D eigenvalue weighted by atomic mass is 9.88. The number of carboxylic acid groups (broad SMARTS) is 2. The molecule has 1 aliphatic heterocycles. The van der Waals surface area contributed by atoms with Gasteiger partial charge >= 0.3 is 11.9 Å². The highest BCUT2D eigenvalue weighted by Gasteiger charge is 2.29. The molecule has 0 bridgehead atoms. The van der Waals surface area contributed by atoms with E-state index in [4.69, 9.17) is 38.8 Å². The molecule has 0 unspecified atom stereocenters. The van der Waals surface area contributed by atoms with Crippen molar-refractivity contribution in [3.63, 3.8) is 0 Å². The van der Waals surface area contributed by atoms with E-state index in [-0.39, 0.29) is 10.6 Å². The number of carboxylic acids is 2. The van der Waals surface area contributed by atoms with Crippen LogP contribution in [0.25, 0.3) is 33.4 Å². The standard InChI is InChI=1S/C23H16Cl2N2O5/c1-8-3-10-16(6-14(8)26)32-17-7-15(27)9(2)4-11(17)18(10)19-13(24)5-12(22(28)29)21(25)20(19)23(30)31/h3-7,26H,27H2,1-2H3,(H,28,29)(H,30,31)/p+1. The van der Waals surface area contributed by atoms with Crippen LogP contribution in [0.2, 0.25) is 10.0 Å². The number of nitrogens with two attached hydrogens (primary N) is 2. The molecule has 6 N–H and O–H groups in total. The SMILES string of the molecule is Cc1cc2c(-c3c(Cl)cc(C(=O)O)c(Cl)c3C(=O)O)c3cc(C)c(=[NH2+])cc-3oc2cc1N. The Balaban J connectivity index is 2.32. The zero-order chi connectivity index (χ0) is 23.5. The molecule has 0 aromatic heterocycles. The summed E-state index contributed by atoms with van der Waals surface area (Å²) in [7, 11) is 0. The molecule has 9 heteroatoms. The van der Waals surface area contributed by atoms with Gasteiger partial charge in [-0.25, -0.2) is 9.59 Å². The Kier molecular flexibility index (Phi) is 5.11. The molecule has 2 aromatic rings. The summed E-state index contributed by atoms with van der Waals surface area (Å²) in [5, 5.41) is 26.0. The lowest BCUT2D eigenvalue weighted by Crippen LogP contribution is -2.46. The molecule has 0 saturated heterocycles. The lowest BCUT2D eigenvalue weighted by molar-refractivity contribution is -0.173. The second kappa shape index (κ2) is 7.55. The molecule has 4 rings (SSSR count). The molecule has 0 atom stereocenters. The van der Waals surface area contributed by atoms with Gasteiger partial charge in [-0.05, 0) is 37.6 Å². The fourth-order valence-corrected chi connectivity index (χ4v) is 4.34. The van der Waals surface area contributed by atoms with Crippen LogP contribution in [0.4, 0.5) is 5.69 Å². The van der Waals surface area contributed by atoms with Gasteiger partial charge < -0.3 is 20.4 Å². The lowest BCUT2D eigenvalue weighted by Gasteiger charge is -2.20. The van der Waals surface area contributed by atoms with Gasteiger partial charge in [0.05, 0.1) is 27.2 Å².